The summed E-state index contributed by atoms with van der Waals surface area (Å²) in [7, 11) is 0. The Kier molecular flexibility index (Phi) is 6.40. The fourth-order valence-electron chi connectivity index (χ4n) is 2.20. The lowest BCUT2D eigenvalue weighted by atomic mass is 10.2. The van der Waals surface area contributed by atoms with Crippen molar-refractivity contribution in [2.45, 2.75) is 52.7 Å². The average Bonchev–Trinajstić information content (AvgIpc) is 2.42. The number of nitrogens with zero attached hydrogens (tertiary/aromatic N) is 2. The van der Waals surface area contributed by atoms with Gasteiger partial charge in [-0.25, -0.2) is 14.6 Å². The van der Waals surface area contributed by atoms with Crippen LogP contribution < -0.4 is 4.90 Å². The van der Waals surface area contributed by atoms with Gasteiger partial charge in [0.15, 0.2) is 5.82 Å². The van der Waals surface area contributed by atoms with Gasteiger partial charge in [-0.05, 0) is 97.6 Å². The van der Waals surface area contributed by atoms with Crippen LogP contribution >= 0.6 is 38.5 Å². The topological polar surface area (TPSA) is 68.7 Å². The lowest BCUT2D eigenvalue weighted by Gasteiger charge is -2.28. The minimum absolute atomic E-state index is 0.125. The van der Waals surface area contributed by atoms with E-state index in [1.807, 2.05) is 18.2 Å². The smallest absolute Gasteiger partial charge is 0.425 e. The Bertz CT molecular complexity index is 860. The van der Waals surface area contributed by atoms with Crippen molar-refractivity contribution in [2.75, 3.05) is 4.90 Å². The molecule has 0 bridgehead atoms. The minimum atomic E-state index is -0.846. The van der Waals surface area contributed by atoms with E-state index in [1.165, 1.54) is 0 Å². The number of hydrogen-bond acceptors (Lipinski definition) is 5. The Labute approximate surface area is 180 Å². The molecule has 0 aliphatic heterocycles. The first-order valence-electron chi connectivity index (χ1n) is 8.29. The van der Waals surface area contributed by atoms with Crippen molar-refractivity contribution in [1.82, 2.24) is 4.98 Å². The third-order valence-corrected chi connectivity index (χ3v) is 4.60. The molecule has 0 fully saturated rings. The Morgan fingerprint density at radius 3 is 2.04 bits per heavy atom. The second-order valence-corrected chi connectivity index (χ2v) is 9.82. The summed E-state index contributed by atoms with van der Waals surface area (Å²) in [5.41, 5.74) is -1.55. The van der Waals surface area contributed by atoms with Gasteiger partial charge in [0, 0.05) is 8.96 Å². The first-order chi connectivity index (χ1) is 12.3. The van der Waals surface area contributed by atoms with E-state index in [2.05, 4.69) is 43.5 Å². The summed E-state index contributed by atoms with van der Waals surface area (Å²) in [6, 6.07) is 7.39. The third kappa shape index (κ3) is 5.78. The quantitative estimate of drug-likeness (QED) is 0.310. The number of fused-ring (bicyclic) bond motifs is 1. The van der Waals surface area contributed by atoms with Gasteiger partial charge in [0.2, 0.25) is 0 Å². The Balaban J connectivity index is 2.57. The maximum absolute atomic E-state index is 12.7. The molecule has 2 aromatic rings. The van der Waals surface area contributed by atoms with Crippen molar-refractivity contribution in [3.63, 3.8) is 0 Å². The number of anilines is 1. The van der Waals surface area contributed by atoms with Gasteiger partial charge in [0.1, 0.15) is 15.8 Å². The molecule has 0 saturated heterocycles. The van der Waals surface area contributed by atoms with E-state index in [4.69, 9.17) is 9.47 Å². The fraction of sp³-hybridized carbons (Fsp3) is 0.421. The van der Waals surface area contributed by atoms with E-state index in [9.17, 15) is 9.59 Å². The van der Waals surface area contributed by atoms with Crippen LogP contribution in [0.15, 0.2) is 28.9 Å². The Hall–Kier alpha value is -1.42. The van der Waals surface area contributed by atoms with E-state index in [0.29, 0.717) is 4.60 Å². The van der Waals surface area contributed by atoms with Crippen LogP contribution in [0.2, 0.25) is 0 Å². The number of carbonyl (C=O) groups excluding carboxylic acids is 2. The van der Waals surface area contributed by atoms with Crippen LogP contribution in [-0.2, 0) is 9.47 Å². The molecule has 27 heavy (non-hydrogen) atoms. The van der Waals surface area contributed by atoms with E-state index in [0.717, 1.165) is 19.2 Å². The van der Waals surface area contributed by atoms with E-state index in [-0.39, 0.29) is 5.82 Å². The van der Waals surface area contributed by atoms with Gasteiger partial charge in [-0.15, -0.1) is 0 Å². The number of pyridine rings is 1. The highest BCUT2D eigenvalue weighted by atomic mass is 127. The number of halogens is 2. The molecule has 6 nitrogen and oxygen atoms in total. The highest BCUT2D eigenvalue weighted by Gasteiger charge is 2.34. The Morgan fingerprint density at radius 1 is 1.04 bits per heavy atom. The molecule has 8 heteroatoms. The highest BCUT2D eigenvalue weighted by molar-refractivity contribution is 14.1. The number of benzene rings is 1. The lowest BCUT2D eigenvalue weighted by Crippen LogP contribution is -2.44. The van der Waals surface area contributed by atoms with E-state index >= 15 is 0 Å². The summed E-state index contributed by atoms with van der Waals surface area (Å²) in [4.78, 5) is 30.7. The summed E-state index contributed by atoms with van der Waals surface area (Å²) in [5.74, 6) is 0.125. The predicted molar refractivity (Wildman–Crippen MR) is 117 cm³/mol. The van der Waals surface area contributed by atoms with Crippen molar-refractivity contribution >= 4 is 67.3 Å². The molecular formula is C19H22BrIN2O4. The Morgan fingerprint density at radius 2 is 1.56 bits per heavy atom. The van der Waals surface area contributed by atoms with Gasteiger partial charge in [-0.3, -0.25) is 0 Å². The normalized spacial score (nSPS) is 12.0. The summed E-state index contributed by atoms with van der Waals surface area (Å²) in [6.45, 7) is 10.4. The molecule has 0 aliphatic carbocycles. The molecule has 0 N–H and O–H groups in total. The van der Waals surface area contributed by atoms with Crippen LogP contribution in [-0.4, -0.2) is 28.4 Å². The zero-order valence-corrected chi connectivity index (χ0v) is 19.8. The molecule has 0 radical (unpaired) electrons. The second-order valence-electron chi connectivity index (χ2n) is 7.91. The number of imide groups is 1. The number of amides is 2. The summed E-state index contributed by atoms with van der Waals surface area (Å²) < 4.78 is 12.3. The van der Waals surface area contributed by atoms with E-state index in [1.54, 1.807) is 47.6 Å². The zero-order valence-electron chi connectivity index (χ0n) is 16.1. The van der Waals surface area contributed by atoms with Gasteiger partial charge in [-0.1, -0.05) is 12.1 Å². The number of rotatable bonds is 1. The van der Waals surface area contributed by atoms with Crippen molar-refractivity contribution in [3.05, 3.63) is 32.4 Å². The molecule has 146 valence electrons. The van der Waals surface area contributed by atoms with Gasteiger partial charge in [-0.2, -0.15) is 4.90 Å². The molecule has 1 aromatic carbocycles. The fourth-order valence-corrected chi connectivity index (χ4v) is 3.97. The van der Waals surface area contributed by atoms with Gasteiger partial charge >= 0.3 is 12.2 Å². The zero-order chi connectivity index (χ0) is 20.6. The van der Waals surface area contributed by atoms with Gasteiger partial charge in [0.25, 0.3) is 0 Å². The monoisotopic (exact) mass is 548 g/mol. The molecule has 0 unspecified atom stereocenters. The van der Waals surface area contributed by atoms with Gasteiger partial charge < -0.3 is 9.47 Å². The average molecular weight is 549 g/mol. The van der Waals surface area contributed by atoms with E-state index < -0.39 is 23.4 Å². The summed E-state index contributed by atoms with van der Waals surface area (Å²) in [5, 5.41) is 1.73. The van der Waals surface area contributed by atoms with Crippen LogP contribution in [0.1, 0.15) is 41.5 Å². The first-order valence-corrected chi connectivity index (χ1v) is 10.2. The summed E-state index contributed by atoms with van der Waals surface area (Å²) >= 11 is 5.65. The van der Waals surface area contributed by atoms with Crippen LogP contribution in [0.5, 0.6) is 0 Å². The summed E-state index contributed by atoms with van der Waals surface area (Å²) in [6.07, 6.45) is -1.69. The molecule has 0 saturated carbocycles. The van der Waals surface area contributed by atoms with Crippen LogP contribution in [0.25, 0.3) is 10.8 Å². The SMILES string of the molecule is CC(C)(C)OC(=O)N(C(=O)OC(C)(C)C)c1cc2cccc(I)c2c(Br)n1. The van der Waals surface area contributed by atoms with Gasteiger partial charge in [0.05, 0.1) is 0 Å². The largest absolute Gasteiger partial charge is 0.443 e. The molecule has 0 aliphatic rings. The van der Waals surface area contributed by atoms with Crippen LogP contribution in [0.3, 0.4) is 0 Å². The molecule has 0 spiro atoms. The molecule has 1 aromatic heterocycles. The number of carbonyl (C=O) groups is 2. The maximum atomic E-state index is 12.7. The van der Waals surface area contributed by atoms with Crippen molar-refractivity contribution in [2.24, 2.45) is 0 Å². The molecular weight excluding hydrogens is 527 g/mol. The standard InChI is InChI=1S/C19H22BrIN2O4/c1-18(2,3)26-16(24)23(17(25)27-19(4,5)6)13-10-11-8-7-9-12(21)14(11)15(20)22-13/h7-10H,1-6H3. The number of aromatic nitrogens is 1. The first kappa shape index (κ1) is 21.9. The lowest BCUT2D eigenvalue weighted by molar-refractivity contribution is 0.0429. The minimum Gasteiger partial charge on any atom is -0.443 e. The number of hydrogen-bond donors (Lipinski definition) is 0. The maximum Gasteiger partial charge on any atom is 0.425 e. The second kappa shape index (κ2) is 7.90. The molecule has 1 heterocycles. The van der Waals surface area contributed by atoms with Crippen molar-refractivity contribution in [3.8, 4) is 0 Å². The van der Waals surface area contributed by atoms with Crippen LogP contribution in [0, 0.1) is 3.57 Å². The molecule has 0 atom stereocenters. The molecule has 2 amide bonds. The molecule has 2 rings (SSSR count). The predicted octanol–water partition coefficient (Wildman–Crippen LogP) is 6.28. The van der Waals surface area contributed by atoms with Crippen molar-refractivity contribution < 1.29 is 19.1 Å². The number of ether oxygens (including phenoxy) is 2. The van der Waals surface area contributed by atoms with Crippen LogP contribution in [0.4, 0.5) is 15.4 Å². The highest BCUT2D eigenvalue weighted by Crippen LogP contribution is 2.31. The third-order valence-electron chi connectivity index (χ3n) is 3.13. The van der Waals surface area contributed by atoms with Crippen molar-refractivity contribution in [1.29, 1.82) is 0 Å².